The summed E-state index contributed by atoms with van der Waals surface area (Å²) in [6.07, 6.45) is 0.728. The first-order valence-corrected chi connectivity index (χ1v) is 7.21. The van der Waals surface area contributed by atoms with E-state index in [1.807, 2.05) is 0 Å². The van der Waals surface area contributed by atoms with Gasteiger partial charge in [0.2, 0.25) is 0 Å². The molecule has 0 aliphatic carbocycles. The Morgan fingerprint density at radius 2 is 1.88 bits per heavy atom. The molecule has 0 fully saturated rings. The molecule has 24 heavy (non-hydrogen) atoms. The lowest BCUT2D eigenvalue weighted by Crippen LogP contribution is -2.22. The molecule has 0 bridgehead atoms. The van der Waals surface area contributed by atoms with Crippen molar-refractivity contribution >= 4 is 23.8 Å². The lowest BCUT2D eigenvalue weighted by atomic mass is 10.2. The summed E-state index contributed by atoms with van der Waals surface area (Å²) in [7, 11) is 1.33. The van der Waals surface area contributed by atoms with Gasteiger partial charge < -0.3 is 14.6 Å². The molecule has 6 heteroatoms. The number of aliphatic imine (C=N–C) groups is 1. The number of aliphatic carboxylic acids is 1. The fraction of sp³-hybridized carbons (Fsp3) is 0.167. The zero-order valence-corrected chi connectivity index (χ0v) is 13.3. The lowest BCUT2D eigenvalue weighted by molar-refractivity contribution is -0.144. The number of benzene rings is 2. The number of ether oxygens (including phenoxy) is 2. The maximum atomic E-state index is 11.5. The number of carboxylic acid groups (broad SMARTS) is 1. The highest BCUT2D eigenvalue weighted by Gasteiger charge is 2.11. The second kappa shape index (κ2) is 7.92. The second-order valence-corrected chi connectivity index (χ2v) is 4.97. The molecule has 124 valence electrons. The molecule has 6 nitrogen and oxygen atoms in total. The molecule has 0 radical (unpaired) electrons. The number of carbonyl (C=O) groups is 2. The summed E-state index contributed by atoms with van der Waals surface area (Å²) < 4.78 is 9.92. The molecule has 0 amide bonds. The number of nitrogens with zero attached hydrogens (tertiary/aromatic N) is 1. The van der Waals surface area contributed by atoms with Crippen LogP contribution in [0.1, 0.15) is 22.8 Å². The molecule has 1 atom stereocenters. The van der Waals surface area contributed by atoms with Crippen LogP contribution in [0.2, 0.25) is 0 Å². The van der Waals surface area contributed by atoms with Gasteiger partial charge in [-0.2, -0.15) is 0 Å². The molecular weight excluding hydrogens is 310 g/mol. The molecule has 2 aromatic rings. The first-order valence-electron chi connectivity index (χ1n) is 7.21. The van der Waals surface area contributed by atoms with Crippen molar-refractivity contribution in [2.45, 2.75) is 13.0 Å². The van der Waals surface area contributed by atoms with Gasteiger partial charge in [0.05, 0.1) is 18.4 Å². The van der Waals surface area contributed by atoms with Crippen molar-refractivity contribution in [3.8, 4) is 5.75 Å². The third-order valence-electron chi connectivity index (χ3n) is 3.17. The van der Waals surface area contributed by atoms with Crippen LogP contribution in [0.5, 0.6) is 5.75 Å². The Labute approximate surface area is 139 Å². The monoisotopic (exact) mass is 327 g/mol. The maximum absolute atomic E-state index is 11.5. The number of rotatable bonds is 6. The zero-order valence-electron chi connectivity index (χ0n) is 13.3. The van der Waals surface area contributed by atoms with E-state index in [4.69, 9.17) is 9.84 Å². The number of methoxy groups -OCH3 is 1. The fourth-order valence-corrected chi connectivity index (χ4v) is 1.87. The minimum Gasteiger partial charge on any atom is -0.479 e. The van der Waals surface area contributed by atoms with E-state index in [9.17, 15) is 9.59 Å². The first-order chi connectivity index (χ1) is 11.5. The van der Waals surface area contributed by atoms with Crippen molar-refractivity contribution in [3.05, 3.63) is 59.7 Å². The normalized spacial score (nSPS) is 11.9. The Hall–Kier alpha value is -3.15. The summed E-state index contributed by atoms with van der Waals surface area (Å²) in [5, 5.41) is 8.81. The summed E-state index contributed by atoms with van der Waals surface area (Å²) in [6.45, 7) is 1.46. The van der Waals surface area contributed by atoms with Gasteiger partial charge in [0, 0.05) is 6.21 Å². The van der Waals surface area contributed by atoms with Crippen molar-refractivity contribution < 1.29 is 24.2 Å². The molecule has 0 aliphatic rings. The van der Waals surface area contributed by atoms with Crippen LogP contribution >= 0.6 is 0 Å². The number of hydrogen-bond acceptors (Lipinski definition) is 5. The van der Waals surface area contributed by atoms with Gasteiger partial charge in [-0.3, -0.25) is 4.99 Å². The lowest BCUT2D eigenvalue weighted by Gasteiger charge is -2.09. The van der Waals surface area contributed by atoms with Crippen molar-refractivity contribution in [1.29, 1.82) is 0 Å². The van der Waals surface area contributed by atoms with Crippen LogP contribution < -0.4 is 4.74 Å². The predicted octanol–water partition coefficient (Wildman–Crippen LogP) is 3.08. The first kappa shape index (κ1) is 17.2. The summed E-state index contributed by atoms with van der Waals surface area (Å²) in [5.41, 5.74) is 1.87. The van der Waals surface area contributed by atoms with E-state index >= 15 is 0 Å². The quantitative estimate of drug-likeness (QED) is 0.651. The number of hydrogen-bond donors (Lipinski definition) is 1. The van der Waals surface area contributed by atoms with E-state index in [1.54, 1.807) is 54.7 Å². The molecule has 2 rings (SSSR count). The Morgan fingerprint density at radius 1 is 1.17 bits per heavy atom. The van der Waals surface area contributed by atoms with Crippen molar-refractivity contribution in [2.24, 2.45) is 4.99 Å². The van der Waals surface area contributed by atoms with Gasteiger partial charge >= 0.3 is 11.9 Å². The predicted molar refractivity (Wildman–Crippen MR) is 89.2 cm³/mol. The molecule has 0 aromatic heterocycles. The largest absolute Gasteiger partial charge is 0.479 e. The van der Waals surface area contributed by atoms with Crippen LogP contribution in [0.3, 0.4) is 0 Å². The average Bonchev–Trinajstić information content (AvgIpc) is 2.60. The van der Waals surface area contributed by atoms with Gasteiger partial charge in [-0.15, -0.1) is 0 Å². The Kier molecular flexibility index (Phi) is 5.68. The number of carboxylic acids is 1. The van der Waals surface area contributed by atoms with Gasteiger partial charge in [0.1, 0.15) is 5.75 Å². The van der Waals surface area contributed by atoms with E-state index in [0.717, 1.165) is 5.56 Å². The van der Waals surface area contributed by atoms with Gasteiger partial charge in [-0.1, -0.05) is 6.07 Å². The molecule has 0 spiro atoms. The van der Waals surface area contributed by atoms with Crippen LogP contribution in [-0.2, 0) is 9.53 Å². The van der Waals surface area contributed by atoms with Gasteiger partial charge in [-0.05, 0) is 55.0 Å². The Balaban J connectivity index is 2.07. The maximum Gasteiger partial charge on any atom is 0.344 e. The topological polar surface area (TPSA) is 85.2 Å². The molecule has 0 saturated carbocycles. The second-order valence-electron chi connectivity index (χ2n) is 4.97. The summed E-state index contributed by atoms with van der Waals surface area (Å²) in [4.78, 5) is 26.5. The summed E-state index contributed by atoms with van der Waals surface area (Å²) in [6, 6.07) is 13.7. The van der Waals surface area contributed by atoms with Gasteiger partial charge in [0.15, 0.2) is 6.10 Å². The van der Waals surface area contributed by atoms with Crippen LogP contribution in [0.15, 0.2) is 53.5 Å². The van der Waals surface area contributed by atoms with E-state index in [2.05, 4.69) is 9.73 Å². The average molecular weight is 327 g/mol. The van der Waals surface area contributed by atoms with E-state index in [-0.39, 0.29) is 0 Å². The Bertz CT molecular complexity index is 752. The minimum absolute atomic E-state index is 0.416. The van der Waals surface area contributed by atoms with Crippen LogP contribution in [0.25, 0.3) is 0 Å². The number of esters is 1. The third kappa shape index (κ3) is 4.67. The van der Waals surface area contributed by atoms with Crippen molar-refractivity contribution in [1.82, 2.24) is 0 Å². The SMILES string of the molecule is COC(=O)c1cccc(N=Cc2ccc(O[C@H](C)C(=O)O)cc2)c1. The van der Waals surface area contributed by atoms with Crippen molar-refractivity contribution in [3.63, 3.8) is 0 Å². The molecule has 0 aliphatic heterocycles. The standard InChI is InChI=1S/C18H17NO5/c1-12(17(20)21)24-16-8-6-13(7-9-16)11-19-15-5-3-4-14(10-15)18(22)23-2/h3-12H,1-2H3,(H,20,21)/t12-/m1/s1. The summed E-state index contributed by atoms with van der Waals surface area (Å²) >= 11 is 0. The molecular formula is C18H17NO5. The zero-order chi connectivity index (χ0) is 17.5. The smallest absolute Gasteiger partial charge is 0.344 e. The number of carbonyl (C=O) groups excluding carboxylic acids is 1. The third-order valence-corrected chi connectivity index (χ3v) is 3.17. The highest BCUT2D eigenvalue weighted by molar-refractivity contribution is 5.90. The summed E-state index contributed by atoms with van der Waals surface area (Å²) in [5.74, 6) is -0.970. The molecule has 0 unspecified atom stereocenters. The molecule has 1 N–H and O–H groups in total. The van der Waals surface area contributed by atoms with Gasteiger partial charge in [0.25, 0.3) is 0 Å². The van der Waals surface area contributed by atoms with E-state index in [0.29, 0.717) is 17.0 Å². The highest BCUT2D eigenvalue weighted by Crippen LogP contribution is 2.16. The van der Waals surface area contributed by atoms with E-state index in [1.165, 1.54) is 14.0 Å². The molecule has 0 saturated heterocycles. The Morgan fingerprint density at radius 3 is 2.50 bits per heavy atom. The molecule has 2 aromatic carbocycles. The van der Waals surface area contributed by atoms with Crippen LogP contribution in [0, 0.1) is 0 Å². The van der Waals surface area contributed by atoms with Gasteiger partial charge in [-0.25, -0.2) is 9.59 Å². The minimum atomic E-state index is -1.02. The van der Waals surface area contributed by atoms with Crippen molar-refractivity contribution in [2.75, 3.05) is 7.11 Å². The highest BCUT2D eigenvalue weighted by atomic mass is 16.5. The van der Waals surface area contributed by atoms with Crippen LogP contribution in [0.4, 0.5) is 5.69 Å². The molecule has 0 heterocycles. The fourth-order valence-electron chi connectivity index (χ4n) is 1.87. The van der Waals surface area contributed by atoms with E-state index < -0.39 is 18.0 Å². The van der Waals surface area contributed by atoms with Crippen LogP contribution in [-0.4, -0.2) is 36.5 Å².